The maximum atomic E-state index is 6.40. The van der Waals surface area contributed by atoms with Crippen LogP contribution in [0.25, 0.3) is 121 Å². The van der Waals surface area contributed by atoms with Crippen molar-refractivity contribution in [3.05, 3.63) is 164 Å². The van der Waals surface area contributed by atoms with E-state index in [0.29, 0.717) is 28.9 Å². The first-order chi connectivity index (χ1) is 28.2. The highest BCUT2D eigenvalue weighted by atomic mass is 32.1. The predicted molar refractivity (Wildman–Crippen MR) is 230 cm³/mol. The number of fused-ring (bicyclic) bond motifs is 9. The van der Waals surface area contributed by atoms with Gasteiger partial charge in [0.15, 0.2) is 28.9 Å². The fourth-order valence-corrected chi connectivity index (χ4v) is 9.16. The summed E-state index contributed by atoms with van der Waals surface area (Å²) in [7, 11) is 0. The zero-order valence-electron chi connectivity index (χ0n) is 30.0. The minimum Gasteiger partial charge on any atom is -0.456 e. The third-order valence-electron chi connectivity index (χ3n) is 10.6. The van der Waals surface area contributed by atoms with E-state index in [0.717, 1.165) is 92.1 Å². The number of rotatable bonds is 5. The Bertz CT molecular complexity index is 3540. The number of furan rings is 2. The SMILES string of the molecule is c1ccc(-c2nc(-c3ccc4oc5ccccc5c4c3)nc(-c3cccc4sc5c(-c6nc(-c7ccccc7)c7oc8ccccc8c7n6)cccc5c34)n2)cc1. The lowest BCUT2D eigenvalue weighted by Gasteiger charge is -2.10. The van der Waals surface area contributed by atoms with Gasteiger partial charge >= 0.3 is 0 Å². The molecule has 7 nitrogen and oxygen atoms in total. The summed E-state index contributed by atoms with van der Waals surface area (Å²) in [4.78, 5) is 25.8. The molecule has 12 rings (SSSR count). The summed E-state index contributed by atoms with van der Waals surface area (Å²) < 4.78 is 14.8. The van der Waals surface area contributed by atoms with Crippen molar-refractivity contribution >= 4 is 75.5 Å². The van der Waals surface area contributed by atoms with E-state index in [2.05, 4.69) is 66.7 Å². The normalized spacial score (nSPS) is 11.9. The summed E-state index contributed by atoms with van der Waals surface area (Å²) in [6.45, 7) is 0. The molecule has 12 aromatic rings. The van der Waals surface area contributed by atoms with E-state index in [1.54, 1.807) is 11.3 Å². The Morgan fingerprint density at radius 1 is 0.386 bits per heavy atom. The summed E-state index contributed by atoms with van der Waals surface area (Å²) in [6.07, 6.45) is 0. The molecule has 0 N–H and O–H groups in total. The molecule has 5 heterocycles. The zero-order valence-corrected chi connectivity index (χ0v) is 30.9. The molecule has 8 heteroatoms. The third-order valence-corrected chi connectivity index (χ3v) is 11.8. The smallest absolute Gasteiger partial charge is 0.180 e. The fourth-order valence-electron chi connectivity index (χ4n) is 7.92. The van der Waals surface area contributed by atoms with Gasteiger partial charge in [0.1, 0.15) is 28.0 Å². The molecule has 0 saturated heterocycles. The minimum atomic E-state index is 0.589. The number of para-hydroxylation sites is 2. The third kappa shape index (κ3) is 5.08. The van der Waals surface area contributed by atoms with Gasteiger partial charge in [0, 0.05) is 64.1 Å². The van der Waals surface area contributed by atoms with Crippen molar-refractivity contribution < 1.29 is 8.83 Å². The van der Waals surface area contributed by atoms with Crippen LogP contribution < -0.4 is 0 Å². The summed E-state index contributed by atoms with van der Waals surface area (Å²) in [5, 5.41) is 5.19. The van der Waals surface area contributed by atoms with Crippen LogP contribution in [-0.4, -0.2) is 24.9 Å². The predicted octanol–water partition coefficient (Wildman–Crippen LogP) is 13.2. The van der Waals surface area contributed by atoms with Gasteiger partial charge in [0.2, 0.25) is 0 Å². The Balaban J connectivity index is 1.08. The molecule has 0 aliphatic rings. The second-order valence-electron chi connectivity index (χ2n) is 14.0. The van der Waals surface area contributed by atoms with Gasteiger partial charge < -0.3 is 8.83 Å². The first-order valence-electron chi connectivity index (χ1n) is 18.7. The van der Waals surface area contributed by atoms with Crippen molar-refractivity contribution in [1.82, 2.24) is 24.9 Å². The Morgan fingerprint density at radius 3 is 1.82 bits per heavy atom. The summed E-state index contributed by atoms with van der Waals surface area (Å²) in [5.41, 5.74) is 9.32. The van der Waals surface area contributed by atoms with Gasteiger partial charge in [-0.05, 0) is 48.5 Å². The summed E-state index contributed by atoms with van der Waals surface area (Å²) in [6, 6.07) is 55.2. The van der Waals surface area contributed by atoms with E-state index >= 15 is 0 Å². The molecule has 0 atom stereocenters. The number of benzene rings is 7. The van der Waals surface area contributed by atoms with Gasteiger partial charge in [-0.15, -0.1) is 11.3 Å². The molecule has 0 amide bonds. The average Bonchev–Trinajstić information content (AvgIpc) is 3.98. The maximum absolute atomic E-state index is 6.40. The second-order valence-corrected chi connectivity index (χ2v) is 15.0. The molecule has 266 valence electrons. The lowest BCUT2D eigenvalue weighted by atomic mass is 10.0. The first-order valence-corrected chi connectivity index (χ1v) is 19.5. The van der Waals surface area contributed by atoms with Crippen LogP contribution in [0.2, 0.25) is 0 Å². The second kappa shape index (κ2) is 12.5. The maximum Gasteiger partial charge on any atom is 0.180 e. The van der Waals surface area contributed by atoms with Crippen molar-refractivity contribution in [2.45, 2.75) is 0 Å². The molecule has 0 spiro atoms. The molecule has 0 aliphatic heterocycles. The van der Waals surface area contributed by atoms with Crippen molar-refractivity contribution in [2.75, 3.05) is 0 Å². The molecule has 0 unspecified atom stereocenters. The first kappa shape index (κ1) is 31.8. The number of hydrogen-bond donors (Lipinski definition) is 0. The van der Waals surface area contributed by atoms with Crippen LogP contribution in [0.1, 0.15) is 0 Å². The van der Waals surface area contributed by atoms with E-state index in [1.165, 1.54) is 0 Å². The highest BCUT2D eigenvalue weighted by Crippen LogP contribution is 2.44. The van der Waals surface area contributed by atoms with Gasteiger partial charge in [-0.3, -0.25) is 0 Å². The van der Waals surface area contributed by atoms with Crippen LogP contribution in [-0.2, 0) is 0 Å². The quantitative estimate of drug-likeness (QED) is 0.173. The van der Waals surface area contributed by atoms with Gasteiger partial charge in [0.05, 0.1) is 0 Å². The average molecular weight is 750 g/mol. The molecule has 7 aromatic carbocycles. The van der Waals surface area contributed by atoms with Crippen molar-refractivity contribution in [3.8, 4) is 56.8 Å². The van der Waals surface area contributed by atoms with Gasteiger partial charge in [-0.2, -0.15) is 0 Å². The number of hydrogen-bond acceptors (Lipinski definition) is 8. The van der Waals surface area contributed by atoms with Crippen molar-refractivity contribution in [1.29, 1.82) is 0 Å². The van der Waals surface area contributed by atoms with Gasteiger partial charge in [-0.1, -0.05) is 115 Å². The number of nitrogens with zero attached hydrogens (tertiary/aromatic N) is 5. The van der Waals surface area contributed by atoms with E-state index in [1.807, 2.05) is 97.1 Å². The van der Waals surface area contributed by atoms with Crippen LogP contribution >= 0.6 is 11.3 Å². The number of thiophene rings is 1. The summed E-state index contributed by atoms with van der Waals surface area (Å²) >= 11 is 1.72. The van der Waals surface area contributed by atoms with Crippen molar-refractivity contribution in [3.63, 3.8) is 0 Å². The number of aromatic nitrogens is 5. The topological polar surface area (TPSA) is 90.7 Å². The summed E-state index contributed by atoms with van der Waals surface area (Å²) in [5.74, 6) is 2.43. The van der Waals surface area contributed by atoms with Crippen LogP contribution in [0, 0.1) is 0 Å². The zero-order chi connectivity index (χ0) is 37.5. The molecule has 5 aromatic heterocycles. The molecular formula is C49H27N5O2S. The molecule has 57 heavy (non-hydrogen) atoms. The Kier molecular flexibility index (Phi) is 6.96. The van der Waals surface area contributed by atoms with E-state index < -0.39 is 0 Å². The minimum absolute atomic E-state index is 0.589. The van der Waals surface area contributed by atoms with E-state index in [9.17, 15) is 0 Å². The highest BCUT2D eigenvalue weighted by molar-refractivity contribution is 7.26. The van der Waals surface area contributed by atoms with Crippen molar-refractivity contribution in [2.24, 2.45) is 0 Å². The highest BCUT2D eigenvalue weighted by Gasteiger charge is 2.22. The lowest BCUT2D eigenvalue weighted by molar-refractivity contribution is 0.667. The van der Waals surface area contributed by atoms with Crippen LogP contribution in [0.5, 0.6) is 0 Å². The molecule has 0 fully saturated rings. The van der Waals surface area contributed by atoms with Gasteiger partial charge in [0.25, 0.3) is 0 Å². The van der Waals surface area contributed by atoms with Crippen LogP contribution in [0.3, 0.4) is 0 Å². The fraction of sp³-hybridized carbons (Fsp3) is 0. The standard InChI is InChI=1S/C49H27N5O2S/c1-3-13-28(14-4-1)42-44-43(32-18-8-10-23-38(32)56-44)51-49(50-42)35-21-11-19-33-41-34(20-12-24-40(41)57-45(33)35)48-53-46(29-15-5-2-6-16-29)52-47(54-48)30-25-26-39-36(27-30)31-17-7-9-22-37(31)55-39/h1-27H. The van der Waals surface area contributed by atoms with Crippen LogP contribution in [0.15, 0.2) is 173 Å². The Hall–Kier alpha value is -7.55. The molecule has 0 radical (unpaired) electrons. The Morgan fingerprint density at radius 2 is 1.00 bits per heavy atom. The van der Waals surface area contributed by atoms with Crippen LogP contribution in [0.4, 0.5) is 0 Å². The van der Waals surface area contributed by atoms with Gasteiger partial charge in [-0.25, -0.2) is 24.9 Å². The largest absolute Gasteiger partial charge is 0.456 e. The lowest BCUT2D eigenvalue weighted by Crippen LogP contribution is -2.00. The monoisotopic (exact) mass is 749 g/mol. The molecule has 0 saturated carbocycles. The van der Waals surface area contributed by atoms with E-state index in [-0.39, 0.29) is 0 Å². The Labute approximate surface area is 328 Å². The molecule has 0 bridgehead atoms. The molecule has 0 aliphatic carbocycles. The molecular weight excluding hydrogens is 723 g/mol. The van der Waals surface area contributed by atoms with E-state index in [4.69, 9.17) is 33.8 Å².